The third kappa shape index (κ3) is 4.46. The van der Waals surface area contributed by atoms with E-state index in [1.807, 2.05) is 0 Å². The van der Waals surface area contributed by atoms with Gasteiger partial charge in [0.2, 0.25) is 0 Å². The van der Waals surface area contributed by atoms with Crippen molar-refractivity contribution in [3.63, 3.8) is 0 Å². The van der Waals surface area contributed by atoms with E-state index in [4.69, 9.17) is 10.5 Å². The minimum absolute atomic E-state index is 0.688. The molecule has 2 aliphatic heterocycles. The van der Waals surface area contributed by atoms with Gasteiger partial charge in [-0.1, -0.05) is 12.8 Å². The molecule has 2 N–H and O–H groups in total. The molecule has 2 rings (SSSR count). The first-order valence-corrected chi connectivity index (χ1v) is 7.21. The van der Waals surface area contributed by atoms with Gasteiger partial charge in [-0.2, -0.15) is 0 Å². The lowest BCUT2D eigenvalue weighted by Gasteiger charge is -2.27. The van der Waals surface area contributed by atoms with E-state index in [-0.39, 0.29) is 0 Å². The van der Waals surface area contributed by atoms with Crippen LogP contribution in [0, 0.1) is 0 Å². The Bertz CT molecular complexity index is 256. The summed E-state index contributed by atoms with van der Waals surface area (Å²) in [6.07, 6.45) is 5.44. The molecule has 5 heteroatoms. The number of morpholine rings is 1. The Morgan fingerprint density at radius 3 is 2.33 bits per heavy atom. The lowest BCUT2D eigenvalue weighted by atomic mass is 10.2. The fourth-order valence-electron chi connectivity index (χ4n) is 2.56. The van der Waals surface area contributed by atoms with Crippen molar-refractivity contribution in [2.45, 2.75) is 25.7 Å². The van der Waals surface area contributed by atoms with Crippen LogP contribution in [0.25, 0.3) is 0 Å². The highest BCUT2D eigenvalue weighted by molar-refractivity contribution is 5.78. The van der Waals surface area contributed by atoms with Crippen molar-refractivity contribution < 1.29 is 4.74 Å². The first-order chi connectivity index (χ1) is 8.86. The van der Waals surface area contributed by atoms with Crippen LogP contribution in [0.3, 0.4) is 0 Å². The molecular formula is C13H26N4O. The van der Waals surface area contributed by atoms with Crippen LogP contribution in [0.1, 0.15) is 25.7 Å². The number of nitrogens with two attached hydrogens (primary N) is 1. The number of guanidine groups is 1. The van der Waals surface area contributed by atoms with Gasteiger partial charge in [-0.25, -0.2) is 0 Å². The number of nitrogens with zero attached hydrogens (tertiary/aromatic N) is 3. The van der Waals surface area contributed by atoms with Crippen LogP contribution in [0.4, 0.5) is 0 Å². The molecule has 0 aromatic rings. The Balaban J connectivity index is 1.68. The minimum atomic E-state index is 0.688. The van der Waals surface area contributed by atoms with E-state index >= 15 is 0 Å². The molecule has 0 aromatic heterocycles. The van der Waals surface area contributed by atoms with Gasteiger partial charge in [-0.3, -0.25) is 4.99 Å². The maximum Gasteiger partial charge on any atom is 0.191 e. The average molecular weight is 254 g/mol. The monoisotopic (exact) mass is 254 g/mol. The molecule has 0 spiro atoms. The molecule has 2 heterocycles. The Morgan fingerprint density at radius 1 is 1.00 bits per heavy atom. The van der Waals surface area contributed by atoms with Crippen LogP contribution in [-0.2, 0) is 4.74 Å². The van der Waals surface area contributed by atoms with Crippen molar-refractivity contribution in [3.05, 3.63) is 0 Å². The van der Waals surface area contributed by atoms with Crippen LogP contribution in [-0.4, -0.2) is 68.2 Å². The second kappa shape index (κ2) is 7.59. The molecular weight excluding hydrogens is 228 g/mol. The summed E-state index contributed by atoms with van der Waals surface area (Å²) < 4.78 is 5.30. The second-order valence-electron chi connectivity index (χ2n) is 5.10. The summed E-state index contributed by atoms with van der Waals surface area (Å²) in [4.78, 5) is 9.13. The Kier molecular flexibility index (Phi) is 5.74. The zero-order valence-corrected chi connectivity index (χ0v) is 11.3. The zero-order valence-electron chi connectivity index (χ0n) is 11.3. The van der Waals surface area contributed by atoms with Gasteiger partial charge in [0.1, 0.15) is 0 Å². The molecule has 2 aliphatic rings. The number of hydrogen-bond acceptors (Lipinski definition) is 3. The molecule has 0 atom stereocenters. The normalized spacial score (nSPS) is 24.0. The standard InChI is InChI=1S/C13H26N4O/c14-13(17-9-11-18-12-10-17)15-5-8-16-6-3-1-2-4-7-16/h1-12H2,(H2,14,15). The Labute approximate surface area is 110 Å². The lowest BCUT2D eigenvalue weighted by molar-refractivity contribution is 0.0674. The molecule has 0 amide bonds. The van der Waals surface area contributed by atoms with E-state index in [9.17, 15) is 0 Å². The van der Waals surface area contributed by atoms with Crippen LogP contribution in [0.2, 0.25) is 0 Å². The smallest absolute Gasteiger partial charge is 0.191 e. The highest BCUT2D eigenvalue weighted by Crippen LogP contribution is 2.08. The fraction of sp³-hybridized carbons (Fsp3) is 0.923. The maximum atomic E-state index is 6.00. The molecule has 2 fully saturated rings. The van der Waals surface area contributed by atoms with Crippen LogP contribution < -0.4 is 5.73 Å². The van der Waals surface area contributed by atoms with Crippen molar-refractivity contribution in [2.24, 2.45) is 10.7 Å². The van der Waals surface area contributed by atoms with Gasteiger partial charge >= 0.3 is 0 Å². The molecule has 18 heavy (non-hydrogen) atoms. The van der Waals surface area contributed by atoms with Crippen molar-refractivity contribution in [1.29, 1.82) is 0 Å². The maximum absolute atomic E-state index is 6.00. The van der Waals surface area contributed by atoms with Crippen LogP contribution in [0.5, 0.6) is 0 Å². The molecule has 5 nitrogen and oxygen atoms in total. The summed E-state index contributed by atoms with van der Waals surface area (Å²) in [7, 11) is 0. The zero-order chi connectivity index (χ0) is 12.6. The molecule has 0 aromatic carbocycles. The summed E-state index contributed by atoms with van der Waals surface area (Å²) >= 11 is 0. The number of rotatable bonds is 3. The lowest BCUT2D eigenvalue weighted by Crippen LogP contribution is -2.45. The predicted octanol–water partition coefficient (Wildman–Crippen LogP) is 0.509. The van der Waals surface area contributed by atoms with Gasteiger partial charge in [-0.05, 0) is 25.9 Å². The van der Waals surface area contributed by atoms with E-state index in [0.29, 0.717) is 5.96 Å². The van der Waals surface area contributed by atoms with Crippen LogP contribution in [0.15, 0.2) is 4.99 Å². The first-order valence-electron chi connectivity index (χ1n) is 7.21. The minimum Gasteiger partial charge on any atom is -0.378 e. The predicted molar refractivity (Wildman–Crippen MR) is 73.8 cm³/mol. The van der Waals surface area contributed by atoms with Gasteiger partial charge in [0, 0.05) is 19.6 Å². The van der Waals surface area contributed by atoms with Crippen LogP contribution >= 0.6 is 0 Å². The molecule has 0 unspecified atom stereocenters. The van der Waals surface area contributed by atoms with Crippen molar-refractivity contribution in [3.8, 4) is 0 Å². The number of likely N-dealkylation sites (tertiary alicyclic amines) is 1. The third-order valence-electron chi connectivity index (χ3n) is 3.72. The first kappa shape index (κ1) is 13.6. The summed E-state index contributed by atoms with van der Waals surface area (Å²) in [6, 6.07) is 0. The summed E-state index contributed by atoms with van der Waals surface area (Å²) in [5, 5.41) is 0. The largest absolute Gasteiger partial charge is 0.378 e. The van der Waals surface area contributed by atoms with E-state index in [0.717, 1.165) is 39.4 Å². The summed E-state index contributed by atoms with van der Waals surface area (Å²) in [6.45, 7) is 7.61. The third-order valence-corrected chi connectivity index (χ3v) is 3.72. The molecule has 0 bridgehead atoms. The topological polar surface area (TPSA) is 54.1 Å². The average Bonchev–Trinajstić information content (AvgIpc) is 2.68. The Morgan fingerprint density at radius 2 is 1.67 bits per heavy atom. The molecule has 104 valence electrons. The van der Waals surface area contributed by atoms with Gasteiger partial charge in [0.25, 0.3) is 0 Å². The van der Waals surface area contributed by atoms with E-state index in [2.05, 4.69) is 14.8 Å². The number of aliphatic imine (C=N–C) groups is 1. The SMILES string of the molecule is NC(=NCCN1CCCCCC1)N1CCOCC1. The second-order valence-corrected chi connectivity index (χ2v) is 5.10. The highest BCUT2D eigenvalue weighted by atomic mass is 16.5. The Hall–Kier alpha value is -0.810. The highest BCUT2D eigenvalue weighted by Gasteiger charge is 2.12. The molecule has 0 aliphatic carbocycles. The van der Waals surface area contributed by atoms with Crippen molar-refractivity contribution in [2.75, 3.05) is 52.5 Å². The molecule has 0 radical (unpaired) electrons. The van der Waals surface area contributed by atoms with E-state index in [1.54, 1.807) is 0 Å². The van der Waals surface area contributed by atoms with Gasteiger partial charge in [-0.15, -0.1) is 0 Å². The number of ether oxygens (including phenoxy) is 1. The molecule has 2 saturated heterocycles. The van der Waals surface area contributed by atoms with Gasteiger partial charge < -0.3 is 20.3 Å². The van der Waals surface area contributed by atoms with Gasteiger partial charge in [0.05, 0.1) is 19.8 Å². The van der Waals surface area contributed by atoms with Gasteiger partial charge in [0.15, 0.2) is 5.96 Å². The van der Waals surface area contributed by atoms with Crippen molar-refractivity contribution in [1.82, 2.24) is 9.80 Å². The summed E-state index contributed by atoms with van der Waals surface area (Å²) in [5.41, 5.74) is 6.00. The molecule has 0 saturated carbocycles. The fourth-order valence-corrected chi connectivity index (χ4v) is 2.56. The van der Waals surface area contributed by atoms with E-state index < -0.39 is 0 Å². The van der Waals surface area contributed by atoms with E-state index in [1.165, 1.54) is 38.8 Å². The quantitative estimate of drug-likeness (QED) is 0.589. The van der Waals surface area contributed by atoms with Crippen molar-refractivity contribution >= 4 is 5.96 Å². The number of hydrogen-bond donors (Lipinski definition) is 1. The summed E-state index contributed by atoms with van der Waals surface area (Å²) in [5.74, 6) is 0.688.